The SMILES string of the molecule is CNc1cc(Cn2c(C)c(O)n(-c3ccc(S(=O)(=O)C(F)(F)F)cc3)c2=O)ccn1. The van der Waals surface area contributed by atoms with Gasteiger partial charge in [-0.15, -0.1) is 0 Å². The van der Waals surface area contributed by atoms with Crippen LogP contribution in [0, 0.1) is 6.92 Å². The van der Waals surface area contributed by atoms with Gasteiger partial charge in [0.2, 0.25) is 5.88 Å². The van der Waals surface area contributed by atoms with Gasteiger partial charge in [-0.2, -0.15) is 13.2 Å². The Hall–Kier alpha value is -3.28. The molecule has 2 heterocycles. The predicted octanol–water partition coefficient (Wildman–Crippen LogP) is 2.43. The van der Waals surface area contributed by atoms with E-state index in [0.717, 1.165) is 34.4 Å². The third-order valence-corrected chi connectivity index (χ3v) is 6.00. The molecule has 0 aliphatic heterocycles. The summed E-state index contributed by atoms with van der Waals surface area (Å²) in [7, 11) is -3.82. The lowest BCUT2D eigenvalue weighted by molar-refractivity contribution is -0.0436. The van der Waals surface area contributed by atoms with Crippen LogP contribution in [0.3, 0.4) is 0 Å². The highest BCUT2D eigenvalue weighted by Crippen LogP contribution is 2.31. The van der Waals surface area contributed by atoms with Gasteiger partial charge in [0.15, 0.2) is 0 Å². The third-order valence-electron chi connectivity index (χ3n) is 4.49. The Balaban J connectivity index is 2.02. The number of aromatic nitrogens is 3. The lowest BCUT2D eigenvalue weighted by Crippen LogP contribution is -2.25. The molecule has 0 atom stereocenters. The fourth-order valence-electron chi connectivity index (χ4n) is 2.86. The van der Waals surface area contributed by atoms with Crippen molar-refractivity contribution in [2.24, 2.45) is 0 Å². The fraction of sp³-hybridized carbons (Fsp3) is 0.222. The van der Waals surface area contributed by atoms with Crippen molar-refractivity contribution in [1.82, 2.24) is 14.1 Å². The normalized spacial score (nSPS) is 12.2. The smallest absolute Gasteiger partial charge is 0.493 e. The Labute approximate surface area is 169 Å². The first kappa shape index (κ1) is 21.4. The Kier molecular flexibility index (Phi) is 5.37. The van der Waals surface area contributed by atoms with Gasteiger partial charge in [0.1, 0.15) is 5.82 Å². The number of nitrogens with one attached hydrogen (secondary N) is 1. The minimum absolute atomic E-state index is 0.0196. The highest BCUT2D eigenvalue weighted by atomic mass is 32.2. The highest BCUT2D eigenvalue weighted by Gasteiger charge is 2.46. The average Bonchev–Trinajstić information content (AvgIpc) is 2.90. The van der Waals surface area contributed by atoms with Gasteiger partial charge in [0, 0.05) is 13.2 Å². The van der Waals surface area contributed by atoms with Crippen LogP contribution in [0.5, 0.6) is 5.88 Å². The van der Waals surface area contributed by atoms with Gasteiger partial charge in [-0.3, -0.25) is 4.57 Å². The first-order valence-corrected chi connectivity index (χ1v) is 10.0. The second-order valence-electron chi connectivity index (χ2n) is 6.36. The molecule has 0 saturated carbocycles. The van der Waals surface area contributed by atoms with Gasteiger partial charge in [-0.05, 0) is 48.9 Å². The lowest BCUT2D eigenvalue weighted by Gasteiger charge is -2.09. The molecule has 2 N–H and O–H groups in total. The van der Waals surface area contributed by atoms with E-state index in [4.69, 9.17) is 0 Å². The van der Waals surface area contributed by atoms with E-state index in [1.54, 1.807) is 25.4 Å². The Morgan fingerprint density at radius 1 is 1.17 bits per heavy atom. The van der Waals surface area contributed by atoms with E-state index in [1.807, 2.05) is 0 Å². The van der Waals surface area contributed by atoms with Crippen LogP contribution in [0.25, 0.3) is 5.69 Å². The summed E-state index contributed by atoms with van der Waals surface area (Å²) in [5.41, 5.74) is -5.10. The van der Waals surface area contributed by atoms with Crippen LogP contribution in [-0.4, -0.2) is 40.2 Å². The molecule has 0 amide bonds. The molecule has 3 rings (SSSR count). The van der Waals surface area contributed by atoms with E-state index >= 15 is 0 Å². The van der Waals surface area contributed by atoms with Crippen LogP contribution >= 0.6 is 0 Å². The largest absolute Gasteiger partial charge is 0.501 e. The highest BCUT2D eigenvalue weighted by molar-refractivity contribution is 7.92. The molecule has 0 radical (unpaired) electrons. The number of hydrogen-bond acceptors (Lipinski definition) is 6. The molecule has 0 spiro atoms. The number of benzene rings is 1. The minimum atomic E-state index is -5.51. The van der Waals surface area contributed by atoms with Gasteiger partial charge < -0.3 is 10.4 Å². The Bertz CT molecular complexity index is 1250. The molecule has 2 aromatic heterocycles. The van der Waals surface area contributed by atoms with Crippen molar-refractivity contribution in [3.63, 3.8) is 0 Å². The van der Waals surface area contributed by atoms with Gasteiger partial charge >= 0.3 is 11.2 Å². The number of alkyl halides is 3. The summed E-state index contributed by atoms with van der Waals surface area (Å²) in [5.74, 6) is 0.178. The molecule has 0 aliphatic carbocycles. The van der Waals surface area contributed by atoms with E-state index in [-0.39, 0.29) is 17.9 Å². The molecule has 8 nitrogen and oxygen atoms in total. The van der Waals surface area contributed by atoms with Crippen LogP contribution in [-0.2, 0) is 16.4 Å². The lowest BCUT2D eigenvalue weighted by atomic mass is 10.2. The number of anilines is 1. The summed E-state index contributed by atoms with van der Waals surface area (Å²) in [6.45, 7) is 1.62. The molecule has 0 saturated heterocycles. The number of hydrogen-bond donors (Lipinski definition) is 2. The van der Waals surface area contributed by atoms with E-state index in [9.17, 15) is 31.5 Å². The maximum absolute atomic E-state index is 12.8. The van der Waals surface area contributed by atoms with E-state index in [0.29, 0.717) is 5.82 Å². The van der Waals surface area contributed by atoms with Gasteiger partial charge in [0.25, 0.3) is 9.84 Å². The van der Waals surface area contributed by atoms with Crippen LogP contribution in [0.2, 0.25) is 0 Å². The molecule has 3 aromatic rings. The Morgan fingerprint density at radius 2 is 1.80 bits per heavy atom. The molecule has 160 valence electrons. The molecule has 12 heteroatoms. The molecule has 1 aromatic carbocycles. The summed E-state index contributed by atoms with van der Waals surface area (Å²) >= 11 is 0. The molecule has 0 bridgehead atoms. The van der Waals surface area contributed by atoms with E-state index in [2.05, 4.69) is 10.3 Å². The topological polar surface area (TPSA) is 106 Å². The number of pyridine rings is 1. The number of rotatable bonds is 5. The average molecular weight is 442 g/mol. The van der Waals surface area contributed by atoms with Crippen molar-refractivity contribution >= 4 is 15.7 Å². The maximum atomic E-state index is 12.8. The van der Waals surface area contributed by atoms with Crippen molar-refractivity contribution in [3.8, 4) is 11.6 Å². The monoisotopic (exact) mass is 442 g/mol. The zero-order valence-electron chi connectivity index (χ0n) is 15.8. The molecular formula is C18H17F3N4O4S. The minimum Gasteiger partial charge on any atom is -0.493 e. The number of imidazole rings is 1. The number of halogens is 3. The van der Waals surface area contributed by atoms with Crippen molar-refractivity contribution in [3.05, 3.63) is 64.3 Å². The zero-order valence-corrected chi connectivity index (χ0v) is 16.6. The van der Waals surface area contributed by atoms with Crippen LogP contribution in [0.1, 0.15) is 11.3 Å². The molecular weight excluding hydrogens is 425 g/mol. The van der Waals surface area contributed by atoms with Crippen LogP contribution in [0.15, 0.2) is 52.3 Å². The van der Waals surface area contributed by atoms with Crippen molar-refractivity contribution < 1.29 is 26.7 Å². The van der Waals surface area contributed by atoms with Gasteiger partial charge in [-0.25, -0.2) is 22.8 Å². The summed E-state index contributed by atoms with van der Waals surface area (Å²) < 4.78 is 63.2. The number of sulfone groups is 1. The summed E-state index contributed by atoms with van der Waals surface area (Å²) in [6.07, 6.45) is 1.55. The first-order chi connectivity index (χ1) is 14.0. The van der Waals surface area contributed by atoms with Crippen LogP contribution in [0.4, 0.5) is 19.0 Å². The molecule has 0 unspecified atom stereocenters. The number of nitrogens with zero attached hydrogens (tertiary/aromatic N) is 3. The molecule has 0 fully saturated rings. The fourth-order valence-corrected chi connectivity index (χ4v) is 3.62. The second-order valence-corrected chi connectivity index (χ2v) is 8.30. The van der Waals surface area contributed by atoms with Crippen molar-refractivity contribution in [2.75, 3.05) is 12.4 Å². The Morgan fingerprint density at radius 3 is 2.37 bits per heavy atom. The standard InChI is InChI=1S/C18H17F3N4O4S/c1-11-16(26)25(13-3-5-14(6-4-13)30(28,29)18(19,20)21)17(27)24(11)10-12-7-8-23-15(9-12)22-2/h3-9,26H,10H2,1-2H3,(H,22,23). The van der Waals surface area contributed by atoms with E-state index in [1.165, 1.54) is 11.5 Å². The quantitative estimate of drug-likeness (QED) is 0.629. The first-order valence-electron chi connectivity index (χ1n) is 8.53. The summed E-state index contributed by atoms with van der Waals surface area (Å²) in [4.78, 5) is 16.0. The van der Waals surface area contributed by atoms with Crippen molar-refractivity contribution in [2.45, 2.75) is 23.9 Å². The predicted molar refractivity (Wildman–Crippen MR) is 103 cm³/mol. The number of aromatic hydroxyl groups is 1. The molecule has 30 heavy (non-hydrogen) atoms. The third kappa shape index (κ3) is 3.65. The molecule has 0 aliphatic rings. The second kappa shape index (κ2) is 7.52. The maximum Gasteiger partial charge on any atom is 0.501 e. The van der Waals surface area contributed by atoms with E-state index < -0.39 is 31.8 Å². The summed E-state index contributed by atoms with van der Waals surface area (Å²) in [6, 6.07) is 6.93. The summed E-state index contributed by atoms with van der Waals surface area (Å²) in [5, 5.41) is 13.3. The van der Waals surface area contributed by atoms with Gasteiger partial charge in [-0.1, -0.05) is 0 Å². The zero-order chi connectivity index (χ0) is 22.3. The van der Waals surface area contributed by atoms with Crippen molar-refractivity contribution in [1.29, 1.82) is 0 Å². The van der Waals surface area contributed by atoms with Crippen LogP contribution < -0.4 is 11.0 Å². The van der Waals surface area contributed by atoms with Gasteiger partial charge in [0.05, 0.1) is 22.8 Å².